The van der Waals surface area contributed by atoms with Crippen LogP contribution >= 0.6 is 0 Å². The molecule has 16 heavy (non-hydrogen) atoms. The molecular formula is C12H17N2O2. The minimum Gasteiger partial charge on any atom is -0.457 e. The van der Waals surface area contributed by atoms with Crippen LogP contribution in [0.25, 0.3) is 0 Å². The third-order valence-electron chi connectivity index (χ3n) is 1.93. The lowest BCUT2D eigenvalue weighted by Crippen LogP contribution is -2.55. The summed E-state index contributed by atoms with van der Waals surface area (Å²) in [5.74, 6) is -0.647. The monoisotopic (exact) mass is 221 g/mol. The first-order valence-corrected chi connectivity index (χ1v) is 5.01. The number of esters is 1. The van der Waals surface area contributed by atoms with Crippen LogP contribution in [0.15, 0.2) is 24.3 Å². The molecule has 0 saturated heterocycles. The topological polar surface area (TPSA) is 78.3 Å². The second kappa shape index (κ2) is 4.23. The van der Waals surface area contributed by atoms with Crippen LogP contribution in [0.3, 0.4) is 0 Å². The van der Waals surface area contributed by atoms with E-state index in [1.807, 2.05) is 0 Å². The summed E-state index contributed by atoms with van der Waals surface area (Å²) in [6, 6.07) is 9.41. The van der Waals surface area contributed by atoms with Crippen LogP contribution in [0.5, 0.6) is 0 Å². The molecule has 1 aromatic carbocycles. The first-order valence-electron chi connectivity index (χ1n) is 5.01. The summed E-state index contributed by atoms with van der Waals surface area (Å²) in [6.45, 7) is 5.29. The molecule has 0 saturated carbocycles. The Kier molecular flexibility index (Phi) is 3.35. The van der Waals surface area contributed by atoms with Gasteiger partial charge in [-0.1, -0.05) is 24.3 Å². The van der Waals surface area contributed by atoms with Crippen molar-refractivity contribution in [3.8, 4) is 0 Å². The van der Waals surface area contributed by atoms with E-state index in [-0.39, 0.29) is 0 Å². The quantitative estimate of drug-likeness (QED) is 0.574. The molecule has 0 aromatic heterocycles. The van der Waals surface area contributed by atoms with Gasteiger partial charge in [0.15, 0.2) is 5.66 Å². The summed E-state index contributed by atoms with van der Waals surface area (Å²) in [6.07, 6.45) is 0. The molecule has 4 N–H and O–H groups in total. The highest BCUT2D eigenvalue weighted by Crippen LogP contribution is 2.17. The molecule has 4 heteroatoms. The van der Waals surface area contributed by atoms with E-state index in [0.717, 1.165) is 0 Å². The van der Waals surface area contributed by atoms with Gasteiger partial charge < -0.3 is 16.2 Å². The number of nitrogens with two attached hydrogens (primary N) is 2. The van der Waals surface area contributed by atoms with Crippen molar-refractivity contribution in [2.24, 2.45) is 11.5 Å². The first-order chi connectivity index (χ1) is 7.23. The Bertz CT molecular complexity index is 366. The lowest BCUT2D eigenvalue weighted by Gasteiger charge is -2.28. The molecule has 1 aromatic rings. The van der Waals surface area contributed by atoms with Crippen molar-refractivity contribution in [3.63, 3.8) is 0 Å². The van der Waals surface area contributed by atoms with E-state index in [9.17, 15) is 4.79 Å². The molecule has 0 spiro atoms. The van der Waals surface area contributed by atoms with E-state index in [2.05, 4.69) is 6.07 Å². The summed E-state index contributed by atoms with van der Waals surface area (Å²) in [7, 11) is 0. The SMILES string of the molecule is CC(C)(C)OC(=O)C(N)(N)c1cc[c]cc1. The van der Waals surface area contributed by atoms with Crippen molar-refractivity contribution in [1.82, 2.24) is 0 Å². The largest absolute Gasteiger partial charge is 0.457 e. The molecule has 0 heterocycles. The van der Waals surface area contributed by atoms with Gasteiger partial charge in [-0.25, -0.2) is 4.79 Å². The fraction of sp³-hybridized carbons (Fsp3) is 0.417. The van der Waals surface area contributed by atoms with Crippen LogP contribution in [0.4, 0.5) is 0 Å². The summed E-state index contributed by atoms with van der Waals surface area (Å²) >= 11 is 0. The first kappa shape index (κ1) is 12.7. The van der Waals surface area contributed by atoms with E-state index in [1.165, 1.54) is 0 Å². The molecule has 0 aliphatic carbocycles. The Morgan fingerprint density at radius 3 is 2.19 bits per heavy atom. The minimum absolute atomic E-state index is 0.500. The smallest absolute Gasteiger partial charge is 0.346 e. The van der Waals surface area contributed by atoms with Crippen LogP contribution in [0.1, 0.15) is 26.3 Å². The zero-order chi connectivity index (χ0) is 12.4. The Morgan fingerprint density at radius 2 is 1.75 bits per heavy atom. The maximum Gasteiger partial charge on any atom is 0.346 e. The molecule has 4 nitrogen and oxygen atoms in total. The van der Waals surface area contributed by atoms with E-state index < -0.39 is 17.2 Å². The molecule has 0 fully saturated rings. The van der Waals surface area contributed by atoms with Gasteiger partial charge in [0, 0.05) is 0 Å². The second-order valence-corrected chi connectivity index (χ2v) is 4.66. The zero-order valence-electron chi connectivity index (χ0n) is 9.78. The Balaban J connectivity index is 2.90. The molecule has 0 bridgehead atoms. The van der Waals surface area contributed by atoms with Gasteiger partial charge in [0.25, 0.3) is 0 Å². The molecule has 0 aliphatic heterocycles. The van der Waals surface area contributed by atoms with Gasteiger partial charge in [-0.05, 0) is 32.4 Å². The average molecular weight is 221 g/mol. The van der Waals surface area contributed by atoms with Gasteiger partial charge in [0.1, 0.15) is 5.60 Å². The van der Waals surface area contributed by atoms with Crippen molar-refractivity contribution in [2.75, 3.05) is 0 Å². The average Bonchev–Trinajstić information content (AvgIpc) is 2.16. The van der Waals surface area contributed by atoms with Crippen LogP contribution in [0, 0.1) is 6.07 Å². The van der Waals surface area contributed by atoms with Crippen molar-refractivity contribution < 1.29 is 9.53 Å². The van der Waals surface area contributed by atoms with Crippen LogP contribution < -0.4 is 11.5 Å². The third kappa shape index (κ3) is 3.05. The number of benzene rings is 1. The lowest BCUT2D eigenvalue weighted by atomic mass is 10.0. The number of carbonyl (C=O) groups is 1. The van der Waals surface area contributed by atoms with Crippen molar-refractivity contribution in [3.05, 3.63) is 35.9 Å². The molecule has 0 amide bonds. The summed E-state index contributed by atoms with van der Waals surface area (Å²) < 4.78 is 5.16. The predicted molar refractivity (Wildman–Crippen MR) is 61.2 cm³/mol. The summed E-state index contributed by atoms with van der Waals surface area (Å²) in [5, 5.41) is 0. The number of ether oxygens (including phenoxy) is 1. The molecule has 1 rings (SSSR count). The molecule has 0 unspecified atom stereocenters. The van der Waals surface area contributed by atoms with Crippen molar-refractivity contribution in [2.45, 2.75) is 32.0 Å². The number of rotatable bonds is 2. The molecule has 0 atom stereocenters. The van der Waals surface area contributed by atoms with Gasteiger partial charge in [0.2, 0.25) is 0 Å². The molecular weight excluding hydrogens is 204 g/mol. The van der Waals surface area contributed by atoms with E-state index in [0.29, 0.717) is 5.56 Å². The fourth-order valence-corrected chi connectivity index (χ4v) is 1.14. The van der Waals surface area contributed by atoms with Crippen LogP contribution in [-0.2, 0) is 15.2 Å². The van der Waals surface area contributed by atoms with Crippen LogP contribution in [-0.4, -0.2) is 11.6 Å². The van der Waals surface area contributed by atoms with E-state index in [1.54, 1.807) is 45.0 Å². The summed E-state index contributed by atoms with van der Waals surface area (Å²) in [4.78, 5) is 11.8. The minimum atomic E-state index is -1.62. The Morgan fingerprint density at radius 1 is 1.25 bits per heavy atom. The molecule has 1 radical (unpaired) electrons. The highest BCUT2D eigenvalue weighted by Gasteiger charge is 2.35. The fourth-order valence-electron chi connectivity index (χ4n) is 1.14. The highest BCUT2D eigenvalue weighted by molar-refractivity contribution is 5.81. The van der Waals surface area contributed by atoms with Crippen molar-refractivity contribution >= 4 is 5.97 Å². The maximum atomic E-state index is 11.8. The van der Waals surface area contributed by atoms with Gasteiger partial charge in [0.05, 0.1) is 0 Å². The maximum absolute atomic E-state index is 11.8. The standard InChI is InChI=1S/C12H17N2O2/c1-11(2,3)16-10(15)12(13,14)9-7-5-4-6-8-9/h5-8H,13-14H2,1-3H3. The van der Waals surface area contributed by atoms with E-state index >= 15 is 0 Å². The predicted octanol–water partition coefficient (Wildman–Crippen LogP) is 0.899. The van der Waals surface area contributed by atoms with Crippen molar-refractivity contribution in [1.29, 1.82) is 0 Å². The zero-order valence-corrected chi connectivity index (χ0v) is 9.78. The number of hydrogen-bond donors (Lipinski definition) is 2. The van der Waals surface area contributed by atoms with Crippen LogP contribution in [0.2, 0.25) is 0 Å². The molecule has 0 aliphatic rings. The number of hydrogen-bond acceptors (Lipinski definition) is 4. The molecule has 87 valence electrons. The van der Waals surface area contributed by atoms with Gasteiger partial charge in [-0.2, -0.15) is 0 Å². The number of carbonyl (C=O) groups excluding carboxylic acids is 1. The summed E-state index contributed by atoms with van der Waals surface area (Å²) in [5.41, 5.74) is 9.82. The normalized spacial score (nSPS) is 12.3. The van der Waals surface area contributed by atoms with Gasteiger partial charge in [-0.3, -0.25) is 0 Å². The highest BCUT2D eigenvalue weighted by atomic mass is 16.6. The third-order valence-corrected chi connectivity index (χ3v) is 1.93. The Hall–Kier alpha value is -1.39. The van der Waals surface area contributed by atoms with E-state index in [4.69, 9.17) is 16.2 Å². The van der Waals surface area contributed by atoms with Gasteiger partial charge in [-0.15, -0.1) is 0 Å². The van der Waals surface area contributed by atoms with Gasteiger partial charge >= 0.3 is 5.97 Å². The second-order valence-electron chi connectivity index (χ2n) is 4.66. The lowest BCUT2D eigenvalue weighted by molar-refractivity contribution is -0.162. The Labute approximate surface area is 95.6 Å².